The standard InChI is InChI=1S/C32H59O8P/c1-2-3-4-5-6-7-8-9-10-11-12-13-14-15-16-18-23-32(40-41(33,34)35)30-38-27-26-36-24-25-37-28-29-39-31-21-19-17-20-22-31/h17,19-22,32H,2-16,18,23-30H2,1H3,(H2,33,34,35). The molecule has 0 aromatic heterocycles. The minimum absolute atomic E-state index is 0.139. The highest BCUT2D eigenvalue weighted by molar-refractivity contribution is 7.46. The van der Waals surface area contributed by atoms with Gasteiger partial charge in [-0.2, -0.15) is 0 Å². The second-order valence-corrected chi connectivity index (χ2v) is 12.0. The SMILES string of the molecule is CCCCCCCCCCCCCCCCCCC(COCCOCCOCCOc1ccccc1)OP(=O)(O)O. The van der Waals surface area contributed by atoms with E-state index in [4.69, 9.17) is 23.5 Å². The summed E-state index contributed by atoms with van der Waals surface area (Å²) in [5, 5.41) is 0. The molecule has 0 aliphatic carbocycles. The molecule has 0 aliphatic heterocycles. The lowest BCUT2D eigenvalue weighted by atomic mass is 10.0. The summed E-state index contributed by atoms with van der Waals surface area (Å²) in [5.41, 5.74) is 0. The number of unbranched alkanes of at least 4 members (excludes halogenated alkanes) is 15. The van der Waals surface area contributed by atoms with E-state index >= 15 is 0 Å². The van der Waals surface area contributed by atoms with Crippen LogP contribution in [0.4, 0.5) is 0 Å². The van der Waals surface area contributed by atoms with Gasteiger partial charge in [-0.3, -0.25) is 4.52 Å². The van der Waals surface area contributed by atoms with E-state index in [2.05, 4.69) is 6.92 Å². The molecule has 0 heterocycles. The first-order valence-corrected chi connectivity index (χ1v) is 17.7. The van der Waals surface area contributed by atoms with Crippen molar-refractivity contribution in [1.82, 2.24) is 0 Å². The van der Waals surface area contributed by atoms with Crippen molar-refractivity contribution >= 4 is 7.82 Å². The van der Waals surface area contributed by atoms with E-state index in [1.165, 1.54) is 83.5 Å². The number of phosphoric ester groups is 1. The van der Waals surface area contributed by atoms with Crippen LogP contribution in [0.1, 0.15) is 116 Å². The van der Waals surface area contributed by atoms with Gasteiger partial charge in [0.1, 0.15) is 12.4 Å². The van der Waals surface area contributed by atoms with Crippen LogP contribution < -0.4 is 4.74 Å². The van der Waals surface area contributed by atoms with Crippen LogP contribution in [0.5, 0.6) is 5.75 Å². The lowest BCUT2D eigenvalue weighted by molar-refractivity contribution is -0.0136. The molecule has 0 saturated carbocycles. The van der Waals surface area contributed by atoms with Crippen molar-refractivity contribution in [1.29, 1.82) is 0 Å². The second-order valence-electron chi connectivity index (χ2n) is 10.8. The Bertz CT molecular complexity index is 715. The van der Waals surface area contributed by atoms with Gasteiger partial charge in [-0.1, -0.05) is 128 Å². The third kappa shape index (κ3) is 27.6. The van der Waals surface area contributed by atoms with Crippen molar-refractivity contribution in [3.63, 3.8) is 0 Å². The van der Waals surface area contributed by atoms with Gasteiger partial charge in [-0.05, 0) is 18.6 Å². The zero-order valence-electron chi connectivity index (χ0n) is 25.7. The molecule has 0 bridgehead atoms. The molecule has 0 saturated heterocycles. The lowest BCUT2D eigenvalue weighted by Gasteiger charge is -2.18. The van der Waals surface area contributed by atoms with E-state index in [0.29, 0.717) is 46.1 Å². The molecule has 1 rings (SSSR count). The summed E-state index contributed by atoms with van der Waals surface area (Å²) in [4.78, 5) is 18.5. The van der Waals surface area contributed by atoms with Gasteiger partial charge in [0.25, 0.3) is 0 Å². The number of hydrogen-bond donors (Lipinski definition) is 2. The minimum atomic E-state index is -4.55. The summed E-state index contributed by atoms with van der Waals surface area (Å²) in [6.45, 7) is 4.98. The summed E-state index contributed by atoms with van der Waals surface area (Å²) in [5.74, 6) is 0.820. The zero-order valence-corrected chi connectivity index (χ0v) is 26.6. The monoisotopic (exact) mass is 602 g/mol. The fourth-order valence-corrected chi connectivity index (χ4v) is 5.23. The average Bonchev–Trinajstić information content (AvgIpc) is 2.95. The van der Waals surface area contributed by atoms with Gasteiger partial charge >= 0.3 is 7.82 Å². The van der Waals surface area contributed by atoms with Crippen LogP contribution in [0.25, 0.3) is 0 Å². The van der Waals surface area contributed by atoms with Crippen LogP contribution in [0.2, 0.25) is 0 Å². The predicted molar refractivity (Wildman–Crippen MR) is 165 cm³/mol. The first-order chi connectivity index (χ1) is 20.0. The molecule has 0 radical (unpaired) electrons. The van der Waals surface area contributed by atoms with Crippen molar-refractivity contribution < 1.29 is 37.8 Å². The Morgan fingerprint density at radius 1 is 0.610 bits per heavy atom. The summed E-state index contributed by atoms with van der Waals surface area (Å²) in [6.07, 6.45) is 20.6. The number of rotatable bonds is 31. The average molecular weight is 603 g/mol. The van der Waals surface area contributed by atoms with Gasteiger partial charge in [0.05, 0.1) is 45.7 Å². The molecule has 8 nitrogen and oxygen atoms in total. The van der Waals surface area contributed by atoms with Gasteiger partial charge < -0.3 is 28.7 Å². The highest BCUT2D eigenvalue weighted by atomic mass is 31.2. The van der Waals surface area contributed by atoms with Gasteiger partial charge in [0.15, 0.2) is 0 Å². The number of ether oxygens (including phenoxy) is 4. The Morgan fingerprint density at radius 2 is 1.05 bits per heavy atom. The largest absolute Gasteiger partial charge is 0.491 e. The first-order valence-electron chi connectivity index (χ1n) is 16.2. The molecule has 1 aromatic rings. The maximum Gasteiger partial charge on any atom is 0.469 e. The zero-order chi connectivity index (χ0) is 29.7. The third-order valence-electron chi connectivity index (χ3n) is 6.95. The molecule has 0 fully saturated rings. The molecule has 2 N–H and O–H groups in total. The van der Waals surface area contributed by atoms with Crippen molar-refractivity contribution in [3.05, 3.63) is 30.3 Å². The van der Waals surface area contributed by atoms with Crippen LogP contribution in [0.15, 0.2) is 30.3 Å². The number of benzene rings is 1. The summed E-state index contributed by atoms with van der Waals surface area (Å²) in [7, 11) is -4.55. The predicted octanol–water partition coefficient (Wildman–Crippen LogP) is 8.24. The smallest absolute Gasteiger partial charge is 0.469 e. The first kappa shape index (κ1) is 38.0. The van der Waals surface area contributed by atoms with Crippen molar-refractivity contribution in [2.24, 2.45) is 0 Å². The van der Waals surface area contributed by atoms with E-state index in [9.17, 15) is 14.4 Å². The molecule has 0 amide bonds. The van der Waals surface area contributed by atoms with E-state index < -0.39 is 13.9 Å². The molecule has 1 aromatic carbocycles. The van der Waals surface area contributed by atoms with Crippen LogP contribution in [0.3, 0.4) is 0 Å². The Labute approximate surface area is 250 Å². The Balaban J connectivity index is 1.92. The van der Waals surface area contributed by atoms with E-state index in [0.717, 1.165) is 25.0 Å². The number of hydrogen-bond acceptors (Lipinski definition) is 6. The maximum atomic E-state index is 11.3. The molecular formula is C32H59O8P. The molecule has 9 heteroatoms. The third-order valence-corrected chi connectivity index (χ3v) is 7.53. The summed E-state index contributed by atoms with van der Waals surface area (Å²) in [6, 6.07) is 9.60. The summed E-state index contributed by atoms with van der Waals surface area (Å²) < 4.78 is 38.4. The minimum Gasteiger partial charge on any atom is -0.491 e. The van der Waals surface area contributed by atoms with Gasteiger partial charge in [0.2, 0.25) is 0 Å². The number of para-hydroxylation sites is 1. The van der Waals surface area contributed by atoms with Crippen molar-refractivity contribution in [2.75, 3.05) is 46.2 Å². The highest BCUT2D eigenvalue weighted by Crippen LogP contribution is 2.38. The normalized spacial score (nSPS) is 12.6. The molecular weight excluding hydrogens is 543 g/mol. The van der Waals surface area contributed by atoms with Crippen LogP contribution >= 0.6 is 7.82 Å². The fraction of sp³-hybridized carbons (Fsp3) is 0.812. The highest BCUT2D eigenvalue weighted by Gasteiger charge is 2.22. The van der Waals surface area contributed by atoms with Crippen LogP contribution in [-0.4, -0.2) is 62.1 Å². The maximum absolute atomic E-state index is 11.3. The molecule has 1 atom stereocenters. The molecule has 1 unspecified atom stereocenters. The molecule has 240 valence electrons. The Kier molecular flexibility index (Phi) is 25.8. The summed E-state index contributed by atoms with van der Waals surface area (Å²) >= 11 is 0. The Morgan fingerprint density at radius 3 is 1.54 bits per heavy atom. The molecule has 0 spiro atoms. The topological polar surface area (TPSA) is 104 Å². The van der Waals surface area contributed by atoms with Crippen molar-refractivity contribution in [3.8, 4) is 5.75 Å². The Hall–Kier alpha value is -0.990. The van der Waals surface area contributed by atoms with Crippen LogP contribution in [0, 0.1) is 0 Å². The van der Waals surface area contributed by atoms with E-state index in [1.54, 1.807) is 0 Å². The van der Waals surface area contributed by atoms with Gasteiger partial charge in [-0.15, -0.1) is 0 Å². The molecule has 41 heavy (non-hydrogen) atoms. The quantitative estimate of drug-likeness (QED) is 0.0647. The van der Waals surface area contributed by atoms with Crippen molar-refractivity contribution in [2.45, 2.75) is 122 Å². The van der Waals surface area contributed by atoms with Gasteiger partial charge in [0, 0.05) is 0 Å². The van der Waals surface area contributed by atoms with E-state index in [1.807, 2.05) is 30.3 Å². The molecule has 0 aliphatic rings. The second kappa shape index (κ2) is 27.8. The van der Waals surface area contributed by atoms with E-state index in [-0.39, 0.29) is 6.61 Å². The van der Waals surface area contributed by atoms with Crippen LogP contribution in [-0.2, 0) is 23.3 Å². The fourth-order valence-electron chi connectivity index (χ4n) is 4.67. The lowest BCUT2D eigenvalue weighted by Crippen LogP contribution is -2.21. The number of phosphoric acid groups is 1. The van der Waals surface area contributed by atoms with Gasteiger partial charge in [-0.25, -0.2) is 4.57 Å².